The summed E-state index contributed by atoms with van der Waals surface area (Å²) in [6, 6.07) is 89.4. The molecule has 14 aromatic rings. The average molecular weight is 837 g/mol. The lowest BCUT2D eigenvalue weighted by Gasteiger charge is -2.17. The molecule has 0 atom stereocenters. The first-order chi connectivity index (χ1) is 32.7. The van der Waals surface area contributed by atoms with Crippen molar-refractivity contribution < 1.29 is 0 Å². The molecule has 2 nitrogen and oxygen atoms in total. The summed E-state index contributed by atoms with van der Waals surface area (Å²) in [5, 5.41) is 12.8. The fourth-order valence-electron chi connectivity index (χ4n) is 11.0. The van der Waals surface area contributed by atoms with Gasteiger partial charge < -0.3 is 9.13 Å². The SMILES string of the molecule is c1ccc(-n2c3ccccc3c3cc(-c4ccc(-c5cc6ccc(-c7ccc(-c8ccc9c(c8)c8ccccc8n9-c8ccccc8)cc7)c7ccc8cccc5c8c67)cc4)ccc32)cc1. The van der Waals surface area contributed by atoms with Crippen LogP contribution in [-0.2, 0) is 0 Å². The Kier molecular flexibility index (Phi) is 8.02. The van der Waals surface area contributed by atoms with E-state index in [4.69, 9.17) is 0 Å². The Morgan fingerprint density at radius 1 is 0.212 bits per heavy atom. The van der Waals surface area contributed by atoms with Gasteiger partial charge in [0.25, 0.3) is 0 Å². The van der Waals surface area contributed by atoms with Crippen LogP contribution in [0.5, 0.6) is 0 Å². The van der Waals surface area contributed by atoms with Gasteiger partial charge in [-0.05, 0) is 144 Å². The van der Waals surface area contributed by atoms with Gasteiger partial charge in [0.1, 0.15) is 0 Å². The topological polar surface area (TPSA) is 9.86 Å². The van der Waals surface area contributed by atoms with Gasteiger partial charge in [-0.15, -0.1) is 0 Å². The third-order valence-electron chi connectivity index (χ3n) is 14.1. The fourth-order valence-corrected chi connectivity index (χ4v) is 11.0. The van der Waals surface area contributed by atoms with Crippen molar-refractivity contribution in [2.75, 3.05) is 0 Å². The molecule has 0 aliphatic heterocycles. The van der Waals surface area contributed by atoms with E-state index in [0.717, 1.165) is 0 Å². The second kappa shape index (κ2) is 14.4. The quantitative estimate of drug-likeness (QED) is 0.148. The summed E-state index contributed by atoms with van der Waals surface area (Å²) in [5.41, 5.74) is 17.0. The van der Waals surface area contributed by atoms with Crippen LogP contribution in [0.2, 0.25) is 0 Å². The Morgan fingerprint density at radius 3 is 1.21 bits per heavy atom. The summed E-state index contributed by atoms with van der Waals surface area (Å²) in [7, 11) is 0. The number of aromatic nitrogens is 2. The fraction of sp³-hybridized carbons (Fsp3) is 0. The van der Waals surface area contributed by atoms with Crippen LogP contribution in [-0.4, -0.2) is 9.13 Å². The monoisotopic (exact) mass is 836 g/mol. The van der Waals surface area contributed by atoms with E-state index in [1.165, 1.54) is 132 Å². The lowest BCUT2D eigenvalue weighted by Crippen LogP contribution is -1.92. The van der Waals surface area contributed by atoms with Crippen LogP contribution in [0, 0.1) is 0 Å². The predicted molar refractivity (Wildman–Crippen MR) is 281 cm³/mol. The van der Waals surface area contributed by atoms with Crippen LogP contribution < -0.4 is 0 Å². The van der Waals surface area contributed by atoms with Gasteiger partial charge >= 0.3 is 0 Å². The van der Waals surface area contributed by atoms with Crippen LogP contribution in [0.25, 0.3) is 132 Å². The highest BCUT2D eigenvalue weighted by Gasteiger charge is 2.18. The van der Waals surface area contributed by atoms with E-state index in [0.29, 0.717) is 0 Å². The summed E-state index contributed by atoms with van der Waals surface area (Å²) in [6.07, 6.45) is 0. The molecule has 14 rings (SSSR count). The van der Waals surface area contributed by atoms with Crippen LogP contribution in [0.15, 0.2) is 243 Å². The van der Waals surface area contributed by atoms with E-state index in [-0.39, 0.29) is 0 Å². The Hall–Kier alpha value is -8.72. The molecular weight excluding hydrogens is 797 g/mol. The average Bonchev–Trinajstić information content (AvgIpc) is 3.91. The van der Waals surface area contributed by atoms with Crippen molar-refractivity contribution in [3.63, 3.8) is 0 Å². The standard InChI is InChI=1S/C64H40N2/c1-3-13-49(14-4-1)65-59-20-9-7-17-52(59)57-38-46(32-36-61(57)65)41-22-26-43(27-23-41)51-34-31-48-40-56(54-19-11-12-45-30-35-55(51)64(48)63(45)54)44-28-24-42(25-29-44)47-33-37-62-58(39-47)53-18-8-10-21-60(53)66(62)50-15-5-2-6-16-50/h1-40H. The molecule has 66 heavy (non-hydrogen) atoms. The van der Waals surface area contributed by atoms with Gasteiger partial charge in [-0.2, -0.15) is 0 Å². The second-order valence-electron chi connectivity index (χ2n) is 17.6. The van der Waals surface area contributed by atoms with Gasteiger partial charge in [0.05, 0.1) is 22.1 Å². The Morgan fingerprint density at radius 2 is 0.636 bits per heavy atom. The molecule has 0 spiro atoms. The molecule has 12 aromatic carbocycles. The molecule has 2 heteroatoms. The first-order valence-corrected chi connectivity index (χ1v) is 22.8. The predicted octanol–water partition coefficient (Wildman–Crippen LogP) is 17.4. The Bertz CT molecular complexity index is 4170. The summed E-state index contributed by atoms with van der Waals surface area (Å²) in [5.74, 6) is 0. The van der Waals surface area contributed by atoms with E-state index in [1.807, 2.05) is 0 Å². The highest BCUT2D eigenvalue weighted by molar-refractivity contribution is 6.28. The van der Waals surface area contributed by atoms with Gasteiger partial charge in [0, 0.05) is 32.9 Å². The Labute approximate surface area is 381 Å². The summed E-state index contributed by atoms with van der Waals surface area (Å²) in [4.78, 5) is 0. The zero-order valence-corrected chi connectivity index (χ0v) is 36.0. The molecular formula is C64H40N2. The molecule has 0 N–H and O–H groups in total. The maximum Gasteiger partial charge on any atom is 0.0541 e. The van der Waals surface area contributed by atoms with Gasteiger partial charge in [-0.3, -0.25) is 0 Å². The van der Waals surface area contributed by atoms with E-state index in [2.05, 4.69) is 252 Å². The molecule has 0 bridgehead atoms. The van der Waals surface area contributed by atoms with E-state index in [9.17, 15) is 0 Å². The van der Waals surface area contributed by atoms with Crippen molar-refractivity contribution in [3.8, 4) is 55.9 Å². The lowest BCUT2D eigenvalue weighted by molar-refractivity contribution is 1.18. The van der Waals surface area contributed by atoms with Crippen molar-refractivity contribution in [2.45, 2.75) is 0 Å². The molecule has 0 saturated carbocycles. The first kappa shape index (κ1) is 36.7. The number of benzene rings is 12. The number of para-hydroxylation sites is 4. The molecule has 0 unspecified atom stereocenters. The molecule has 0 aliphatic rings. The summed E-state index contributed by atoms with van der Waals surface area (Å²) in [6.45, 7) is 0. The minimum absolute atomic E-state index is 1.17. The van der Waals surface area contributed by atoms with Gasteiger partial charge in [-0.25, -0.2) is 0 Å². The largest absolute Gasteiger partial charge is 0.309 e. The third-order valence-corrected chi connectivity index (χ3v) is 14.1. The molecule has 2 aromatic heterocycles. The first-order valence-electron chi connectivity index (χ1n) is 22.8. The van der Waals surface area contributed by atoms with Crippen LogP contribution in [0.3, 0.4) is 0 Å². The number of fused-ring (bicyclic) bond motifs is 6. The van der Waals surface area contributed by atoms with Crippen molar-refractivity contribution in [2.24, 2.45) is 0 Å². The molecule has 0 aliphatic carbocycles. The zero-order valence-electron chi connectivity index (χ0n) is 36.0. The molecule has 0 amide bonds. The van der Waals surface area contributed by atoms with Crippen molar-refractivity contribution in [3.05, 3.63) is 243 Å². The number of nitrogens with zero attached hydrogens (tertiary/aromatic N) is 2. The smallest absolute Gasteiger partial charge is 0.0541 e. The van der Waals surface area contributed by atoms with E-state index in [1.54, 1.807) is 0 Å². The second-order valence-corrected chi connectivity index (χ2v) is 17.6. The minimum Gasteiger partial charge on any atom is -0.309 e. The molecule has 0 fully saturated rings. The summed E-state index contributed by atoms with van der Waals surface area (Å²) < 4.78 is 4.75. The van der Waals surface area contributed by atoms with Crippen molar-refractivity contribution in [1.29, 1.82) is 0 Å². The number of hydrogen-bond acceptors (Lipinski definition) is 0. The van der Waals surface area contributed by atoms with E-state index < -0.39 is 0 Å². The van der Waals surface area contributed by atoms with Crippen molar-refractivity contribution >= 4 is 75.9 Å². The minimum atomic E-state index is 1.17. The van der Waals surface area contributed by atoms with Crippen molar-refractivity contribution in [1.82, 2.24) is 9.13 Å². The molecule has 2 heterocycles. The van der Waals surface area contributed by atoms with Crippen LogP contribution >= 0.6 is 0 Å². The summed E-state index contributed by atoms with van der Waals surface area (Å²) >= 11 is 0. The molecule has 306 valence electrons. The highest BCUT2D eigenvalue weighted by atomic mass is 15.0. The third kappa shape index (κ3) is 5.55. The lowest BCUT2D eigenvalue weighted by atomic mass is 9.86. The number of hydrogen-bond donors (Lipinski definition) is 0. The maximum atomic E-state index is 2.40. The van der Waals surface area contributed by atoms with Crippen LogP contribution in [0.1, 0.15) is 0 Å². The van der Waals surface area contributed by atoms with Gasteiger partial charge in [0.2, 0.25) is 0 Å². The molecule has 0 saturated heterocycles. The number of rotatable bonds is 6. The molecule has 0 radical (unpaired) electrons. The van der Waals surface area contributed by atoms with E-state index >= 15 is 0 Å². The Balaban J connectivity index is 0.820. The van der Waals surface area contributed by atoms with Crippen LogP contribution in [0.4, 0.5) is 0 Å². The normalized spacial score (nSPS) is 11.9. The van der Waals surface area contributed by atoms with Gasteiger partial charge in [-0.1, -0.05) is 176 Å². The zero-order chi connectivity index (χ0) is 43.3. The highest BCUT2D eigenvalue weighted by Crippen LogP contribution is 2.44. The van der Waals surface area contributed by atoms with Gasteiger partial charge in [0.15, 0.2) is 0 Å². The maximum absolute atomic E-state index is 2.40.